The molecule has 0 saturated carbocycles. The first-order chi connectivity index (χ1) is 5.02. The zero-order valence-electron chi connectivity index (χ0n) is 7.98. The van der Waals surface area contributed by atoms with Gasteiger partial charge in [-0.05, 0) is 18.3 Å². The summed E-state index contributed by atoms with van der Waals surface area (Å²) < 4.78 is 5.38. The third-order valence-corrected chi connectivity index (χ3v) is 2.72. The number of hydrogen-bond donors (Lipinski definition) is 0. The van der Waals surface area contributed by atoms with Gasteiger partial charge in [0.05, 0.1) is 6.61 Å². The molecule has 0 aliphatic heterocycles. The average molecular weight is 223 g/mol. The minimum Gasteiger partial charge on any atom is -0.381 e. The molecule has 68 valence electrons. The van der Waals surface area contributed by atoms with Crippen molar-refractivity contribution in [1.82, 2.24) is 0 Å². The SMILES string of the molecule is CCOCC(CBr)C(C)(C)C. The van der Waals surface area contributed by atoms with Crippen molar-refractivity contribution in [2.24, 2.45) is 11.3 Å². The third kappa shape index (κ3) is 4.81. The van der Waals surface area contributed by atoms with Gasteiger partial charge in [0.25, 0.3) is 0 Å². The normalized spacial score (nSPS) is 15.0. The van der Waals surface area contributed by atoms with E-state index in [-0.39, 0.29) is 0 Å². The van der Waals surface area contributed by atoms with Gasteiger partial charge in [0, 0.05) is 11.9 Å². The molecule has 0 bridgehead atoms. The van der Waals surface area contributed by atoms with Gasteiger partial charge >= 0.3 is 0 Å². The van der Waals surface area contributed by atoms with Crippen molar-refractivity contribution < 1.29 is 4.74 Å². The van der Waals surface area contributed by atoms with Crippen molar-refractivity contribution in [3.05, 3.63) is 0 Å². The Bertz CT molecular complexity index is 96.2. The maximum atomic E-state index is 5.38. The van der Waals surface area contributed by atoms with E-state index in [9.17, 15) is 0 Å². The summed E-state index contributed by atoms with van der Waals surface area (Å²) in [6, 6.07) is 0. The van der Waals surface area contributed by atoms with Gasteiger partial charge in [-0.1, -0.05) is 36.7 Å². The summed E-state index contributed by atoms with van der Waals surface area (Å²) in [5.74, 6) is 0.613. The van der Waals surface area contributed by atoms with Gasteiger partial charge in [0.2, 0.25) is 0 Å². The van der Waals surface area contributed by atoms with Crippen molar-refractivity contribution in [2.75, 3.05) is 18.5 Å². The van der Waals surface area contributed by atoms with Crippen LogP contribution in [0.15, 0.2) is 0 Å². The maximum Gasteiger partial charge on any atom is 0.0507 e. The first-order valence-corrected chi connectivity index (χ1v) is 5.28. The Kier molecular flexibility index (Phi) is 5.36. The van der Waals surface area contributed by atoms with Gasteiger partial charge in [-0.15, -0.1) is 0 Å². The largest absolute Gasteiger partial charge is 0.381 e. The zero-order chi connectivity index (χ0) is 8.91. The summed E-state index contributed by atoms with van der Waals surface area (Å²) in [5.41, 5.74) is 0.346. The molecule has 0 radical (unpaired) electrons. The third-order valence-electron chi connectivity index (χ3n) is 1.93. The molecular formula is C9H19BrO. The fourth-order valence-corrected chi connectivity index (χ4v) is 1.94. The van der Waals surface area contributed by atoms with Crippen molar-refractivity contribution in [3.8, 4) is 0 Å². The van der Waals surface area contributed by atoms with Crippen LogP contribution in [-0.4, -0.2) is 18.5 Å². The van der Waals surface area contributed by atoms with E-state index in [1.54, 1.807) is 0 Å². The van der Waals surface area contributed by atoms with E-state index in [4.69, 9.17) is 4.74 Å². The van der Waals surface area contributed by atoms with Crippen molar-refractivity contribution >= 4 is 15.9 Å². The molecule has 0 aromatic heterocycles. The van der Waals surface area contributed by atoms with Gasteiger partial charge in [-0.25, -0.2) is 0 Å². The standard InChI is InChI=1S/C9H19BrO/c1-5-11-7-8(6-10)9(2,3)4/h8H,5-7H2,1-4H3. The van der Waals surface area contributed by atoms with Crippen LogP contribution in [0.25, 0.3) is 0 Å². The predicted molar refractivity (Wildman–Crippen MR) is 53.2 cm³/mol. The highest BCUT2D eigenvalue weighted by Crippen LogP contribution is 2.27. The van der Waals surface area contributed by atoms with Crippen LogP contribution in [0.3, 0.4) is 0 Å². The molecule has 0 fully saturated rings. The first-order valence-electron chi connectivity index (χ1n) is 4.16. The van der Waals surface area contributed by atoms with Crippen LogP contribution < -0.4 is 0 Å². The number of halogens is 1. The van der Waals surface area contributed by atoms with Gasteiger partial charge in [0.1, 0.15) is 0 Å². The average Bonchev–Trinajstić information content (AvgIpc) is 1.87. The van der Waals surface area contributed by atoms with E-state index in [0.717, 1.165) is 18.5 Å². The summed E-state index contributed by atoms with van der Waals surface area (Å²) in [6.07, 6.45) is 0. The molecule has 0 rings (SSSR count). The van der Waals surface area contributed by atoms with Crippen molar-refractivity contribution in [2.45, 2.75) is 27.7 Å². The monoisotopic (exact) mass is 222 g/mol. The molecule has 0 aliphatic carbocycles. The molecular weight excluding hydrogens is 204 g/mol. The summed E-state index contributed by atoms with van der Waals surface area (Å²) in [4.78, 5) is 0. The molecule has 0 amide bonds. The fourth-order valence-electron chi connectivity index (χ4n) is 0.786. The van der Waals surface area contributed by atoms with E-state index in [1.165, 1.54) is 0 Å². The van der Waals surface area contributed by atoms with E-state index in [0.29, 0.717) is 11.3 Å². The molecule has 1 nitrogen and oxygen atoms in total. The lowest BCUT2D eigenvalue weighted by Crippen LogP contribution is -2.26. The number of hydrogen-bond acceptors (Lipinski definition) is 1. The summed E-state index contributed by atoms with van der Waals surface area (Å²) >= 11 is 3.50. The number of ether oxygens (including phenoxy) is 1. The summed E-state index contributed by atoms with van der Waals surface area (Å²) in [5, 5.41) is 1.02. The molecule has 0 aromatic carbocycles. The predicted octanol–water partition coefficient (Wildman–Crippen LogP) is 3.08. The van der Waals surface area contributed by atoms with E-state index in [2.05, 4.69) is 36.7 Å². The summed E-state index contributed by atoms with van der Waals surface area (Å²) in [6.45, 7) is 10.5. The maximum absolute atomic E-state index is 5.38. The molecule has 0 heterocycles. The lowest BCUT2D eigenvalue weighted by molar-refractivity contribution is 0.0747. The highest BCUT2D eigenvalue weighted by atomic mass is 79.9. The Morgan fingerprint density at radius 1 is 1.36 bits per heavy atom. The molecule has 11 heavy (non-hydrogen) atoms. The molecule has 0 spiro atoms. The quantitative estimate of drug-likeness (QED) is 0.665. The van der Waals surface area contributed by atoms with Crippen molar-refractivity contribution in [3.63, 3.8) is 0 Å². The molecule has 0 aromatic rings. The van der Waals surface area contributed by atoms with Crippen LogP contribution in [0.2, 0.25) is 0 Å². The number of alkyl halides is 1. The molecule has 0 N–H and O–H groups in total. The minimum atomic E-state index is 0.346. The molecule has 1 atom stereocenters. The van der Waals surface area contributed by atoms with Crippen LogP contribution in [0.1, 0.15) is 27.7 Å². The molecule has 0 aliphatic rings. The van der Waals surface area contributed by atoms with E-state index < -0.39 is 0 Å². The lowest BCUT2D eigenvalue weighted by Gasteiger charge is -2.28. The highest BCUT2D eigenvalue weighted by molar-refractivity contribution is 9.09. The Hall–Kier alpha value is 0.440. The van der Waals surface area contributed by atoms with Crippen molar-refractivity contribution in [1.29, 1.82) is 0 Å². The molecule has 2 heteroatoms. The fraction of sp³-hybridized carbons (Fsp3) is 1.00. The van der Waals surface area contributed by atoms with Gasteiger partial charge in [0.15, 0.2) is 0 Å². The second-order valence-electron chi connectivity index (χ2n) is 3.88. The minimum absolute atomic E-state index is 0.346. The van der Waals surface area contributed by atoms with E-state index in [1.807, 2.05) is 6.92 Å². The van der Waals surface area contributed by atoms with Crippen LogP contribution in [-0.2, 0) is 4.74 Å². The highest BCUT2D eigenvalue weighted by Gasteiger charge is 2.23. The van der Waals surface area contributed by atoms with E-state index >= 15 is 0 Å². The van der Waals surface area contributed by atoms with Gasteiger partial charge in [-0.2, -0.15) is 0 Å². The zero-order valence-corrected chi connectivity index (χ0v) is 9.57. The molecule has 0 saturated heterocycles. The smallest absolute Gasteiger partial charge is 0.0507 e. The lowest BCUT2D eigenvalue weighted by atomic mass is 9.83. The Balaban J connectivity index is 3.76. The van der Waals surface area contributed by atoms with Crippen LogP contribution >= 0.6 is 15.9 Å². The van der Waals surface area contributed by atoms with Crippen LogP contribution in [0.5, 0.6) is 0 Å². The summed E-state index contributed by atoms with van der Waals surface area (Å²) in [7, 11) is 0. The van der Waals surface area contributed by atoms with Crippen LogP contribution in [0.4, 0.5) is 0 Å². The van der Waals surface area contributed by atoms with Gasteiger partial charge in [-0.3, -0.25) is 0 Å². The van der Waals surface area contributed by atoms with Gasteiger partial charge < -0.3 is 4.74 Å². The Labute approximate surface area is 78.6 Å². The molecule has 1 unspecified atom stereocenters. The number of rotatable bonds is 4. The Morgan fingerprint density at radius 2 is 1.91 bits per heavy atom. The Morgan fingerprint density at radius 3 is 2.18 bits per heavy atom. The van der Waals surface area contributed by atoms with Crippen LogP contribution in [0, 0.1) is 11.3 Å². The second-order valence-corrected chi connectivity index (χ2v) is 4.52. The topological polar surface area (TPSA) is 9.23 Å². The first kappa shape index (κ1) is 11.4. The second kappa shape index (κ2) is 5.15.